The van der Waals surface area contributed by atoms with Gasteiger partial charge in [-0.15, -0.1) is 0 Å². The summed E-state index contributed by atoms with van der Waals surface area (Å²) < 4.78 is 4.93. The van der Waals surface area contributed by atoms with Gasteiger partial charge in [0, 0.05) is 13.5 Å². The number of aliphatic hydroxyl groups excluding tert-OH is 1. The van der Waals surface area contributed by atoms with Gasteiger partial charge in [0.25, 0.3) is 0 Å². The van der Waals surface area contributed by atoms with Gasteiger partial charge in [0.05, 0.1) is 12.1 Å². The number of rotatable bonds is 7. The van der Waals surface area contributed by atoms with E-state index in [9.17, 15) is 9.90 Å². The molecule has 3 N–H and O–H groups in total. The zero-order valence-electron chi connectivity index (χ0n) is 13.4. The number of aromatic nitrogens is 2. The molecule has 0 saturated carbocycles. The van der Waals surface area contributed by atoms with Crippen LogP contribution in [0.3, 0.4) is 0 Å². The highest BCUT2D eigenvalue weighted by Crippen LogP contribution is 2.21. The molecule has 2 amide bonds. The number of carbonyl (C=O) groups is 1. The molecule has 7 heteroatoms. The van der Waals surface area contributed by atoms with Crippen molar-refractivity contribution in [3.05, 3.63) is 11.7 Å². The maximum Gasteiger partial charge on any atom is 0.315 e. The van der Waals surface area contributed by atoms with E-state index < -0.39 is 6.10 Å². The normalized spacial score (nSPS) is 14.6. The predicted octanol–water partition coefficient (Wildman–Crippen LogP) is 1.93. The summed E-state index contributed by atoms with van der Waals surface area (Å²) in [6.45, 7) is 9.87. The fourth-order valence-electron chi connectivity index (χ4n) is 2.21. The second-order valence-corrected chi connectivity index (χ2v) is 6.18. The van der Waals surface area contributed by atoms with Crippen LogP contribution in [0.4, 0.5) is 4.79 Å². The van der Waals surface area contributed by atoms with E-state index in [4.69, 9.17) is 4.52 Å². The first-order valence-corrected chi connectivity index (χ1v) is 7.26. The highest BCUT2D eigenvalue weighted by Gasteiger charge is 2.23. The van der Waals surface area contributed by atoms with Crippen molar-refractivity contribution in [1.82, 2.24) is 20.8 Å². The lowest BCUT2D eigenvalue weighted by Crippen LogP contribution is -2.43. The Morgan fingerprint density at radius 3 is 2.62 bits per heavy atom. The van der Waals surface area contributed by atoms with Gasteiger partial charge >= 0.3 is 6.03 Å². The van der Waals surface area contributed by atoms with Crippen molar-refractivity contribution in [2.45, 2.75) is 59.6 Å². The number of aryl methyl sites for hydroxylation is 1. The van der Waals surface area contributed by atoms with E-state index in [2.05, 4.69) is 20.8 Å². The minimum atomic E-state index is -0.393. The van der Waals surface area contributed by atoms with Gasteiger partial charge in [-0.05, 0) is 25.2 Å². The number of amides is 2. The molecular weight excluding hydrogens is 272 g/mol. The van der Waals surface area contributed by atoms with Crippen molar-refractivity contribution >= 4 is 6.03 Å². The zero-order valence-corrected chi connectivity index (χ0v) is 13.4. The van der Waals surface area contributed by atoms with Crippen LogP contribution >= 0.6 is 0 Å². The molecule has 1 aromatic rings. The van der Waals surface area contributed by atoms with E-state index in [1.165, 1.54) is 0 Å². The summed E-state index contributed by atoms with van der Waals surface area (Å²) in [5.41, 5.74) is -0.171. The van der Waals surface area contributed by atoms with E-state index in [0.717, 1.165) is 0 Å². The molecule has 0 radical (unpaired) electrons. The maximum atomic E-state index is 12.0. The third kappa shape index (κ3) is 6.12. The molecule has 120 valence electrons. The van der Waals surface area contributed by atoms with Gasteiger partial charge in [-0.25, -0.2) is 4.79 Å². The van der Waals surface area contributed by atoms with E-state index >= 15 is 0 Å². The number of hydrogen-bond donors (Lipinski definition) is 3. The van der Waals surface area contributed by atoms with E-state index in [1.54, 1.807) is 13.8 Å². The van der Waals surface area contributed by atoms with Crippen molar-refractivity contribution in [2.24, 2.45) is 5.41 Å². The smallest absolute Gasteiger partial charge is 0.315 e. The number of urea groups is 1. The second-order valence-electron chi connectivity index (χ2n) is 6.18. The molecule has 2 unspecified atom stereocenters. The lowest BCUT2D eigenvalue weighted by molar-refractivity contribution is 0.128. The quantitative estimate of drug-likeness (QED) is 0.714. The fourth-order valence-corrected chi connectivity index (χ4v) is 2.21. The molecule has 2 atom stereocenters. The van der Waals surface area contributed by atoms with Gasteiger partial charge in [-0.2, -0.15) is 4.98 Å². The lowest BCUT2D eigenvalue weighted by Gasteiger charge is -2.26. The third-order valence-corrected chi connectivity index (χ3v) is 3.14. The SMILES string of the molecule is CCC(NC(=O)NCC(C)(C)CC(C)O)c1noc(C)n1. The Hall–Kier alpha value is -1.63. The second kappa shape index (κ2) is 7.40. The summed E-state index contributed by atoms with van der Waals surface area (Å²) in [6, 6.07) is -0.551. The van der Waals surface area contributed by atoms with Crippen molar-refractivity contribution < 1.29 is 14.4 Å². The average molecular weight is 298 g/mol. The molecule has 0 aliphatic carbocycles. The zero-order chi connectivity index (χ0) is 16.0. The van der Waals surface area contributed by atoms with Gasteiger partial charge in [-0.3, -0.25) is 0 Å². The Morgan fingerprint density at radius 2 is 2.14 bits per heavy atom. The van der Waals surface area contributed by atoms with Gasteiger partial charge < -0.3 is 20.3 Å². The topological polar surface area (TPSA) is 100 Å². The van der Waals surface area contributed by atoms with Crippen LogP contribution in [0, 0.1) is 12.3 Å². The van der Waals surface area contributed by atoms with Crippen molar-refractivity contribution in [1.29, 1.82) is 0 Å². The van der Waals surface area contributed by atoms with Gasteiger partial charge in [0.1, 0.15) is 0 Å². The lowest BCUT2D eigenvalue weighted by atomic mass is 9.87. The van der Waals surface area contributed by atoms with Crippen LogP contribution in [0.15, 0.2) is 4.52 Å². The van der Waals surface area contributed by atoms with Crippen molar-refractivity contribution in [3.8, 4) is 0 Å². The summed E-state index contributed by atoms with van der Waals surface area (Å²) in [5, 5.41) is 18.9. The van der Waals surface area contributed by atoms with E-state index in [0.29, 0.717) is 31.1 Å². The molecule has 1 aromatic heterocycles. The molecule has 7 nitrogen and oxygen atoms in total. The van der Waals surface area contributed by atoms with E-state index in [1.807, 2.05) is 20.8 Å². The average Bonchev–Trinajstić information content (AvgIpc) is 2.78. The van der Waals surface area contributed by atoms with Crippen LogP contribution < -0.4 is 10.6 Å². The Kier molecular flexibility index (Phi) is 6.14. The number of carbonyl (C=O) groups excluding carboxylic acids is 1. The first kappa shape index (κ1) is 17.4. The third-order valence-electron chi connectivity index (χ3n) is 3.14. The summed E-state index contributed by atoms with van der Waals surface area (Å²) in [5.74, 6) is 0.956. The molecule has 0 aliphatic rings. The summed E-state index contributed by atoms with van der Waals surface area (Å²) in [6.07, 6.45) is 0.897. The Morgan fingerprint density at radius 1 is 1.48 bits per heavy atom. The molecule has 0 saturated heterocycles. The first-order chi connectivity index (χ1) is 9.73. The van der Waals surface area contributed by atoms with Crippen LogP contribution in [0.2, 0.25) is 0 Å². The van der Waals surface area contributed by atoms with Crippen LogP contribution in [0.5, 0.6) is 0 Å². The first-order valence-electron chi connectivity index (χ1n) is 7.26. The summed E-state index contributed by atoms with van der Waals surface area (Å²) >= 11 is 0. The number of nitrogens with zero attached hydrogens (tertiary/aromatic N) is 2. The predicted molar refractivity (Wildman–Crippen MR) is 78.7 cm³/mol. The highest BCUT2D eigenvalue weighted by molar-refractivity contribution is 5.74. The van der Waals surface area contributed by atoms with Crippen LogP contribution in [-0.4, -0.2) is 33.9 Å². The van der Waals surface area contributed by atoms with Gasteiger partial charge in [0.2, 0.25) is 5.89 Å². The molecule has 1 rings (SSSR count). The Bertz CT molecular complexity index is 457. The minimum Gasteiger partial charge on any atom is -0.393 e. The number of hydrogen-bond acceptors (Lipinski definition) is 5. The van der Waals surface area contributed by atoms with Gasteiger partial charge in [0.15, 0.2) is 5.82 Å². The van der Waals surface area contributed by atoms with Crippen molar-refractivity contribution in [3.63, 3.8) is 0 Å². The number of aliphatic hydroxyl groups is 1. The largest absolute Gasteiger partial charge is 0.393 e. The monoisotopic (exact) mass is 298 g/mol. The van der Waals surface area contributed by atoms with Crippen LogP contribution in [0.25, 0.3) is 0 Å². The molecular formula is C14H26N4O3. The Balaban J connectivity index is 2.48. The summed E-state index contributed by atoms with van der Waals surface area (Å²) in [4.78, 5) is 16.1. The van der Waals surface area contributed by atoms with Crippen molar-refractivity contribution in [2.75, 3.05) is 6.54 Å². The molecule has 1 heterocycles. The Labute approximate surface area is 125 Å². The fraction of sp³-hybridized carbons (Fsp3) is 0.786. The minimum absolute atomic E-state index is 0.171. The van der Waals surface area contributed by atoms with E-state index in [-0.39, 0.29) is 17.5 Å². The molecule has 0 aliphatic heterocycles. The standard InChI is InChI=1S/C14H26N4O3/c1-6-11(12-16-10(3)21-18-12)17-13(20)15-8-14(4,5)7-9(2)19/h9,11,19H,6-8H2,1-5H3,(H2,15,17,20). The molecule has 0 aromatic carbocycles. The molecule has 0 fully saturated rings. The summed E-state index contributed by atoms with van der Waals surface area (Å²) in [7, 11) is 0. The molecule has 21 heavy (non-hydrogen) atoms. The van der Waals surface area contributed by atoms with Crippen LogP contribution in [-0.2, 0) is 0 Å². The highest BCUT2D eigenvalue weighted by atomic mass is 16.5. The van der Waals surface area contributed by atoms with Gasteiger partial charge in [-0.1, -0.05) is 25.9 Å². The maximum absolute atomic E-state index is 12.0. The number of nitrogens with one attached hydrogen (secondary N) is 2. The van der Waals surface area contributed by atoms with Crippen LogP contribution in [0.1, 0.15) is 58.3 Å². The molecule has 0 bridgehead atoms. The molecule has 0 spiro atoms.